The van der Waals surface area contributed by atoms with Crippen LogP contribution >= 0.6 is 11.8 Å². The molecule has 2 aliphatic heterocycles. The summed E-state index contributed by atoms with van der Waals surface area (Å²) in [5.41, 5.74) is 1.67. The predicted molar refractivity (Wildman–Crippen MR) is 104 cm³/mol. The number of hydrogen-bond acceptors (Lipinski definition) is 4. The summed E-state index contributed by atoms with van der Waals surface area (Å²) in [6.07, 6.45) is 2.34. The highest BCUT2D eigenvalue weighted by atomic mass is 32.2. The van der Waals surface area contributed by atoms with Crippen LogP contribution in [0.1, 0.15) is 55.4 Å². The topological polar surface area (TPSA) is 27.7 Å². The fourth-order valence-corrected chi connectivity index (χ4v) is 16.1. The highest BCUT2D eigenvalue weighted by Gasteiger charge is 2.58. The van der Waals surface area contributed by atoms with E-state index in [-0.39, 0.29) is 6.10 Å². The lowest BCUT2D eigenvalue weighted by Gasteiger charge is -2.51. The molecule has 0 aromatic heterocycles. The highest BCUT2D eigenvalue weighted by Crippen LogP contribution is 2.47. The summed E-state index contributed by atoms with van der Waals surface area (Å²) >= 11 is 1.86. The van der Waals surface area contributed by atoms with E-state index in [0.29, 0.717) is 27.4 Å². The second-order valence-corrected chi connectivity index (χ2v) is 18.1. The molecule has 0 radical (unpaired) electrons. The Morgan fingerprint density at radius 2 is 1.39 bits per heavy atom. The van der Waals surface area contributed by atoms with Gasteiger partial charge >= 0.3 is 17.1 Å². The maximum absolute atomic E-state index is 7.11. The van der Waals surface area contributed by atoms with E-state index in [0.717, 1.165) is 6.61 Å². The van der Waals surface area contributed by atoms with Crippen molar-refractivity contribution in [3.8, 4) is 0 Å². The van der Waals surface area contributed by atoms with Crippen LogP contribution in [-0.4, -0.2) is 35.1 Å². The normalized spacial score (nSPS) is 30.1. The van der Waals surface area contributed by atoms with Gasteiger partial charge in [-0.05, 0) is 33.6 Å². The SMILES string of the molecule is CC(C)[Si]1(C(C)C)OC[C@H]2SC=C[C@@H]2O[Si](C(C)C)(C(C)C)O1. The Morgan fingerprint density at radius 3 is 1.87 bits per heavy atom. The molecule has 0 aromatic carbocycles. The molecule has 0 unspecified atom stereocenters. The summed E-state index contributed by atoms with van der Waals surface area (Å²) < 4.78 is 20.6. The lowest BCUT2D eigenvalue weighted by molar-refractivity contribution is 0.0942. The van der Waals surface area contributed by atoms with Crippen molar-refractivity contribution in [1.29, 1.82) is 0 Å². The van der Waals surface area contributed by atoms with Gasteiger partial charge in [-0.25, -0.2) is 0 Å². The zero-order chi connectivity index (χ0) is 17.4. The van der Waals surface area contributed by atoms with Crippen LogP contribution in [0.5, 0.6) is 0 Å². The smallest absolute Gasteiger partial charge is 0.335 e. The summed E-state index contributed by atoms with van der Waals surface area (Å²) in [4.78, 5) is 0. The molecular weight excluding hydrogens is 340 g/mol. The second-order valence-electron chi connectivity index (χ2n) is 8.06. The van der Waals surface area contributed by atoms with Gasteiger partial charge in [-0.2, -0.15) is 0 Å². The highest BCUT2D eigenvalue weighted by molar-refractivity contribution is 8.03. The molecule has 0 aliphatic carbocycles. The molecule has 0 aromatic rings. The van der Waals surface area contributed by atoms with Gasteiger partial charge in [0.1, 0.15) is 0 Å². The van der Waals surface area contributed by atoms with E-state index in [1.807, 2.05) is 11.8 Å². The minimum atomic E-state index is -2.39. The Morgan fingerprint density at radius 1 is 0.870 bits per heavy atom. The van der Waals surface area contributed by atoms with Crippen LogP contribution in [0, 0.1) is 0 Å². The number of thioether (sulfide) groups is 1. The average molecular weight is 375 g/mol. The third-order valence-corrected chi connectivity index (χ3v) is 16.5. The Balaban J connectivity index is 2.49. The van der Waals surface area contributed by atoms with Crippen molar-refractivity contribution >= 4 is 28.9 Å². The second kappa shape index (κ2) is 7.34. The summed E-state index contributed by atoms with van der Waals surface area (Å²) in [7, 11) is -4.74. The van der Waals surface area contributed by atoms with Crippen LogP contribution in [0.3, 0.4) is 0 Å². The quantitative estimate of drug-likeness (QED) is 0.601. The minimum absolute atomic E-state index is 0.141. The van der Waals surface area contributed by atoms with E-state index in [1.54, 1.807) is 0 Å². The molecule has 2 heterocycles. The molecule has 0 amide bonds. The third kappa shape index (κ3) is 3.53. The van der Waals surface area contributed by atoms with Gasteiger partial charge in [-0.1, -0.05) is 55.4 Å². The molecule has 0 saturated carbocycles. The van der Waals surface area contributed by atoms with Crippen molar-refractivity contribution in [2.75, 3.05) is 6.61 Å². The maximum Gasteiger partial charge on any atom is 0.335 e. The van der Waals surface area contributed by atoms with Gasteiger partial charge < -0.3 is 13.0 Å². The van der Waals surface area contributed by atoms with E-state index in [4.69, 9.17) is 13.0 Å². The van der Waals surface area contributed by atoms with Crippen molar-refractivity contribution < 1.29 is 13.0 Å². The zero-order valence-electron chi connectivity index (χ0n) is 16.0. The van der Waals surface area contributed by atoms with E-state index < -0.39 is 17.1 Å². The molecule has 2 aliphatic rings. The Hall–Kier alpha value is 0.404. The maximum atomic E-state index is 7.11. The van der Waals surface area contributed by atoms with E-state index >= 15 is 0 Å². The molecule has 0 spiro atoms. The largest absolute Gasteiger partial charge is 0.414 e. The third-order valence-electron chi connectivity index (χ3n) is 5.22. The first-order chi connectivity index (χ1) is 10.7. The first kappa shape index (κ1) is 19.7. The monoisotopic (exact) mass is 374 g/mol. The fourth-order valence-electron chi connectivity index (χ4n) is 3.81. The van der Waals surface area contributed by atoms with E-state index in [1.165, 1.54) is 0 Å². The van der Waals surface area contributed by atoms with Crippen LogP contribution < -0.4 is 0 Å². The molecule has 2 atom stereocenters. The summed E-state index contributed by atoms with van der Waals surface area (Å²) in [5, 5.41) is 2.56. The van der Waals surface area contributed by atoms with Gasteiger partial charge in [0.25, 0.3) is 0 Å². The number of hydrogen-bond donors (Lipinski definition) is 0. The van der Waals surface area contributed by atoms with Crippen molar-refractivity contribution in [3.63, 3.8) is 0 Å². The minimum Gasteiger partial charge on any atom is -0.414 e. The summed E-state index contributed by atoms with van der Waals surface area (Å²) in [6.45, 7) is 18.9. The molecule has 23 heavy (non-hydrogen) atoms. The molecular formula is C17H34O3SSi2. The van der Waals surface area contributed by atoms with Crippen LogP contribution in [-0.2, 0) is 13.0 Å². The van der Waals surface area contributed by atoms with Gasteiger partial charge in [0.05, 0.1) is 18.0 Å². The predicted octanol–water partition coefficient (Wildman–Crippen LogP) is 5.57. The van der Waals surface area contributed by atoms with Gasteiger partial charge in [0, 0.05) is 0 Å². The molecule has 0 bridgehead atoms. The zero-order valence-corrected chi connectivity index (χ0v) is 18.8. The molecule has 3 nitrogen and oxygen atoms in total. The average Bonchev–Trinajstić information content (AvgIpc) is 2.84. The van der Waals surface area contributed by atoms with Crippen molar-refractivity contribution in [2.45, 2.75) is 88.9 Å². The Labute approximate surface area is 149 Å². The van der Waals surface area contributed by atoms with Gasteiger partial charge in [0.15, 0.2) is 0 Å². The standard InChI is InChI=1S/C17H34O3SSi2/c1-12(2)22(13(3)4)18-11-17-16(9-10-21-17)19-23(20-22,14(5)6)15(7)8/h9-10,12-17H,11H2,1-8H3/t16-,17+/m0/s1. The lowest BCUT2D eigenvalue weighted by atomic mass is 10.3. The summed E-state index contributed by atoms with van der Waals surface area (Å²) in [5.74, 6) is 0. The molecule has 2 rings (SSSR count). The number of rotatable bonds is 4. The number of fused-ring (bicyclic) bond motifs is 1. The summed E-state index contributed by atoms with van der Waals surface area (Å²) in [6, 6.07) is 0. The van der Waals surface area contributed by atoms with Crippen molar-refractivity contribution in [3.05, 3.63) is 11.5 Å². The first-order valence-corrected chi connectivity index (χ1v) is 13.9. The molecule has 0 N–H and O–H groups in total. The molecule has 6 heteroatoms. The Kier molecular flexibility index (Phi) is 6.29. The van der Waals surface area contributed by atoms with E-state index in [9.17, 15) is 0 Å². The Bertz CT molecular complexity index is 422. The molecule has 1 saturated heterocycles. The lowest BCUT2D eigenvalue weighted by Crippen LogP contribution is -2.64. The van der Waals surface area contributed by atoms with Crippen LogP contribution in [0.25, 0.3) is 0 Å². The molecule has 1 fully saturated rings. The van der Waals surface area contributed by atoms with Crippen LogP contribution in [0.4, 0.5) is 0 Å². The van der Waals surface area contributed by atoms with Crippen molar-refractivity contribution in [2.24, 2.45) is 0 Å². The molecule has 134 valence electrons. The van der Waals surface area contributed by atoms with E-state index in [2.05, 4.69) is 66.9 Å². The first-order valence-electron chi connectivity index (χ1n) is 8.99. The fraction of sp³-hybridized carbons (Fsp3) is 0.882. The van der Waals surface area contributed by atoms with Crippen molar-refractivity contribution in [1.82, 2.24) is 0 Å². The van der Waals surface area contributed by atoms with Crippen LogP contribution in [0.15, 0.2) is 11.5 Å². The van der Waals surface area contributed by atoms with Gasteiger partial charge in [0.2, 0.25) is 0 Å². The van der Waals surface area contributed by atoms with Gasteiger partial charge in [-0.15, -0.1) is 11.8 Å². The van der Waals surface area contributed by atoms with Crippen LogP contribution in [0.2, 0.25) is 22.2 Å². The van der Waals surface area contributed by atoms with Gasteiger partial charge in [-0.3, -0.25) is 0 Å².